The molecule has 0 saturated heterocycles. The van der Waals surface area contributed by atoms with Gasteiger partial charge in [0.1, 0.15) is 10.8 Å². The Bertz CT molecular complexity index is 802. The monoisotopic (exact) mass is 275 g/mol. The molecule has 0 bridgehead atoms. The number of sulfone groups is 1. The van der Waals surface area contributed by atoms with Crippen molar-refractivity contribution in [1.29, 1.82) is 0 Å². The van der Waals surface area contributed by atoms with Gasteiger partial charge in [0.05, 0.1) is 4.90 Å². The van der Waals surface area contributed by atoms with Gasteiger partial charge in [0.2, 0.25) is 9.84 Å². The fourth-order valence-corrected chi connectivity index (χ4v) is 3.21. The Hall–Kier alpha value is -2.14. The van der Waals surface area contributed by atoms with Crippen LogP contribution in [0.15, 0.2) is 64.5 Å². The van der Waals surface area contributed by atoms with E-state index in [1.54, 1.807) is 12.1 Å². The summed E-state index contributed by atoms with van der Waals surface area (Å²) in [6, 6.07) is 13.7. The van der Waals surface area contributed by atoms with Crippen LogP contribution in [0.25, 0.3) is 10.9 Å². The highest BCUT2D eigenvalue weighted by Gasteiger charge is 2.19. The van der Waals surface area contributed by atoms with Crippen LogP contribution in [-0.4, -0.2) is 13.4 Å². The summed E-state index contributed by atoms with van der Waals surface area (Å²) in [7, 11) is -3.64. The minimum absolute atomic E-state index is 0.0699. The number of rotatable bonds is 2. The topological polar surface area (TPSA) is 49.9 Å². The number of aromatic amines is 1. The van der Waals surface area contributed by atoms with E-state index < -0.39 is 15.7 Å². The van der Waals surface area contributed by atoms with Gasteiger partial charge in [-0.1, -0.05) is 18.2 Å². The van der Waals surface area contributed by atoms with Crippen molar-refractivity contribution in [3.63, 3.8) is 0 Å². The Morgan fingerprint density at radius 1 is 0.947 bits per heavy atom. The Morgan fingerprint density at radius 2 is 1.63 bits per heavy atom. The van der Waals surface area contributed by atoms with E-state index in [-0.39, 0.29) is 9.92 Å². The van der Waals surface area contributed by atoms with Gasteiger partial charge in [0, 0.05) is 10.9 Å². The number of fused-ring (bicyclic) bond motifs is 1. The number of para-hydroxylation sites is 1. The highest BCUT2D eigenvalue weighted by atomic mass is 32.2. The molecule has 0 fully saturated rings. The fraction of sp³-hybridized carbons (Fsp3) is 0. The second-order valence-corrected chi connectivity index (χ2v) is 6.10. The van der Waals surface area contributed by atoms with E-state index >= 15 is 0 Å². The summed E-state index contributed by atoms with van der Waals surface area (Å²) in [6.07, 6.45) is 0. The molecule has 3 rings (SSSR count). The van der Waals surface area contributed by atoms with Crippen molar-refractivity contribution in [2.75, 3.05) is 0 Å². The largest absolute Gasteiger partial charge is 0.345 e. The lowest BCUT2D eigenvalue weighted by molar-refractivity contribution is 0.592. The maximum absolute atomic E-state index is 12.8. The van der Waals surface area contributed by atoms with Crippen molar-refractivity contribution in [3.05, 3.63) is 60.4 Å². The van der Waals surface area contributed by atoms with Gasteiger partial charge < -0.3 is 4.98 Å². The molecule has 0 aliphatic carbocycles. The average molecular weight is 275 g/mol. The Morgan fingerprint density at radius 3 is 2.32 bits per heavy atom. The molecular weight excluding hydrogens is 265 g/mol. The summed E-state index contributed by atoms with van der Waals surface area (Å²) in [6.45, 7) is 0. The number of hydrogen-bond acceptors (Lipinski definition) is 2. The van der Waals surface area contributed by atoms with E-state index in [1.165, 1.54) is 12.1 Å². The fourth-order valence-electron chi connectivity index (χ4n) is 1.93. The molecule has 5 heteroatoms. The molecule has 3 aromatic rings. The molecule has 0 spiro atoms. The number of benzene rings is 2. The molecule has 1 aromatic heterocycles. The van der Waals surface area contributed by atoms with Gasteiger partial charge in [-0.05, 0) is 36.4 Å². The van der Waals surface area contributed by atoms with Crippen LogP contribution in [0.2, 0.25) is 0 Å². The van der Waals surface area contributed by atoms with Crippen LogP contribution in [0.4, 0.5) is 4.39 Å². The number of halogens is 1. The van der Waals surface area contributed by atoms with Gasteiger partial charge in [-0.3, -0.25) is 0 Å². The van der Waals surface area contributed by atoms with Crippen LogP contribution in [0, 0.1) is 5.82 Å². The lowest BCUT2D eigenvalue weighted by atomic mass is 10.3. The quantitative estimate of drug-likeness (QED) is 0.730. The third-order valence-corrected chi connectivity index (χ3v) is 4.61. The molecule has 0 radical (unpaired) electrons. The minimum atomic E-state index is -3.64. The van der Waals surface area contributed by atoms with E-state index in [9.17, 15) is 12.8 Å². The standard InChI is InChI=1S/C14H10FNO2S/c15-11-5-7-12(8-6-11)19(17,18)14-9-10-3-1-2-4-13(10)16-14/h1-9,16H. The third-order valence-electron chi connectivity index (χ3n) is 2.92. The Balaban J connectivity index is 2.16. The number of H-pyrrole nitrogens is 1. The van der Waals surface area contributed by atoms with Crippen molar-refractivity contribution < 1.29 is 12.8 Å². The average Bonchev–Trinajstić information content (AvgIpc) is 2.83. The highest BCUT2D eigenvalue weighted by molar-refractivity contribution is 7.91. The van der Waals surface area contributed by atoms with Crippen molar-refractivity contribution in [3.8, 4) is 0 Å². The summed E-state index contributed by atoms with van der Waals surface area (Å²) in [5.41, 5.74) is 0.753. The molecule has 1 heterocycles. The van der Waals surface area contributed by atoms with E-state index in [2.05, 4.69) is 4.98 Å². The van der Waals surface area contributed by atoms with Crippen LogP contribution < -0.4 is 0 Å². The van der Waals surface area contributed by atoms with E-state index in [0.29, 0.717) is 0 Å². The van der Waals surface area contributed by atoms with E-state index in [1.807, 2.05) is 18.2 Å². The predicted octanol–water partition coefficient (Wildman–Crippen LogP) is 3.14. The predicted molar refractivity (Wildman–Crippen MR) is 70.2 cm³/mol. The Labute approximate surface area is 109 Å². The van der Waals surface area contributed by atoms with Gasteiger partial charge in [0.15, 0.2) is 0 Å². The molecule has 0 atom stereocenters. The molecule has 1 N–H and O–H groups in total. The molecule has 2 aromatic carbocycles. The summed E-state index contributed by atoms with van der Waals surface area (Å²) in [5, 5.41) is 0.934. The van der Waals surface area contributed by atoms with Crippen molar-refractivity contribution in [2.24, 2.45) is 0 Å². The Kier molecular flexibility index (Phi) is 2.64. The number of hydrogen-bond donors (Lipinski definition) is 1. The lowest BCUT2D eigenvalue weighted by Crippen LogP contribution is -2.02. The van der Waals surface area contributed by atoms with Gasteiger partial charge in [-0.25, -0.2) is 12.8 Å². The maximum Gasteiger partial charge on any atom is 0.221 e. The molecule has 0 amide bonds. The lowest BCUT2D eigenvalue weighted by Gasteiger charge is -2.01. The molecule has 96 valence electrons. The molecular formula is C14H10FNO2S. The second-order valence-electron chi connectivity index (χ2n) is 4.18. The van der Waals surface area contributed by atoms with E-state index in [4.69, 9.17) is 0 Å². The molecule has 0 saturated carbocycles. The zero-order chi connectivity index (χ0) is 13.5. The minimum Gasteiger partial charge on any atom is -0.345 e. The van der Waals surface area contributed by atoms with Crippen LogP contribution >= 0.6 is 0 Å². The van der Waals surface area contributed by atoms with Gasteiger partial charge in [0.25, 0.3) is 0 Å². The van der Waals surface area contributed by atoms with Crippen LogP contribution in [-0.2, 0) is 9.84 Å². The number of aromatic nitrogens is 1. The molecule has 0 unspecified atom stereocenters. The van der Waals surface area contributed by atoms with Gasteiger partial charge >= 0.3 is 0 Å². The first-order valence-corrected chi connectivity index (χ1v) is 7.14. The smallest absolute Gasteiger partial charge is 0.221 e. The van der Waals surface area contributed by atoms with Gasteiger partial charge in [-0.15, -0.1) is 0 Å². The summed E-state index contributed by atoms with van der Waals surface area (Å²) in [5.74, 6) is -0.462. The first-order chi connectivity index (χ1) is 9.07. The number of nitrogens with one attached hydrogen (secondary N) is 1. The molecule has 0 aliphatic heterocycles. The third kappa shape index (κ3) is 2.02. The normalized spacial score (nSPS) is 11.8. The summed E-state index contributed by atoms with van der Waals surface area (Å²) >= 11 is 0. The zero-order valence-electron chi connectivity index (χ0n) is 9.80. The van der Waals surface area contributed by atoms with Crippen molar-refractivity contribution in [2.45, 2.75) is 9.92 Å². The van der Waals surface area contributed by atoms with Crippen molar-refractivity contribution in [1.82, 2.24) is 4.98 Å². The van der Waals surface area contributed by atoms with Crippen molar-refractivity contribution >= 4 is 20.7 Å². The summed E-state index contributed by atoms with van der Waals surface area (Å²) in [4.78, 5) is 2.94. The first-order valence-electron chi connectivity index (χ1n) is 5.66. The van der Waals surface area contributed by atoms with E-state index in [0.717, 1.165) is 23.0 Å². The molecule has 0 aliphatic rings. The SMILES string of the molecule is O=S(=O)(c1ccc(F)cc1)c1cc2ccccc2[nH]1. The first kappa shape index (κ1) is 11.9. The van der Waals surface area contributed by atoms with Gasteiger partial charge in [-0.2, -0.15) is 0 Å². The van der Waals surface area contributed by atoms with Crippen LogP contribution in [0.5, 0.6) is 0 Å². The molecule has 19 heavy (non-hydrogen) atoms. The highest BCUT2D eigenvalue weighted by Crippen LogP contribution is 2.24. The maximum atomic E-state index is 12.8. The zero-order valence-corrected chi connectivity index (χ0v) is 10.6. The van der Waals surface area contributed by atoms with Crippen LogP contribution in [0.3, 0.4) is 0 Å². The van der Waals surface area contributed by atoms with Crippen LogP contribution in [0.1, 0.15) is 0 Å². The summed E-state index contributed by atoms with van der Waals surface area (Å²) < 4.78 is 37.6. The second kappa shape index (κ2) is 4.20. The molecule has 3 nitrogen and oxygen atoms in total.